The van der Waals surface area contributed by atoms with Crippen LogP contribution < -0.4 is 4.72 Å². The normalized spacial score (nSPS) is 11.1. The first-order chi connectivity index (χ1) is 3.56. The molecule has 0 aliphatic heterocycles. The van der Waals surface area contributed by atoms with Gasteiger partial charge in [0.15, 0.2) is 0 Å². The Morgan fingerprint density at radius 2 is 2.25 bits per heavy atom. The lowest BCUT2D eigenvalue weighted by molar-refractivity contribution is 0.587. The Labute approximate surface area is 47.7 Å². The summed E-state index contributed by atoms with van der Waals surface area (Å²) < 4.78 is 22.3. The van der Waals surface area contributed by atoms with Crippen molar-refractivity contribution in [3.8, 4) is 0 Å². The van der Waals surface area contributed by atoms with E-state index in [0.717, 1.165) is 6.26 Å². The first kappa shape index (κ1) is 7.51. The summed E-state index contributed by atoms with van der Waals surface area (Å²) in [4.78, 5) is 0. The smallest absolute Gasteiger partial charge is 0.210 e. The lowest BCUT2D eigenvalue weighted by Crippen LogP contribution is -2.21. The zero-order chi connectivity index (χ0) is 6.62. The average Bonchev–Trinajstić information content (AvgIpc) is 1.59. The summed E-state index contributed by atoms with van der Waals surface area (Å²) in [6.07, 6.45) is 1.01. The highest BCUT2D eigenvalue weighted by Crippen LogP contribution is 1.70. The lowest BCUT2D eigenvalue weighted by Gasteiger charge is -1.91. The zero-order valence-corrected chi connectivity index (χ0v) is 5.20. The molecule has 0 aromatic rings. The van der Waals surface area contributed by atoms with Crippen LogP contribution in [0.3, 0.4) is 0 Å². The molecule has 0 radical (unpaired) electrons. The Balaban J connectivity index is 3.57. The molecular formula is C2H7N3O2S. The van der Waals surface area contributed by atoms with Crippen LogP contribution in [0, 0.1) is 5.53 Å². The maximum absolute atomic E-state index is 10.1. The van der Waals surface area contributed by atoms with E-state index in [4.69, 9.17) is 5.53 Å². The summed E-state index contributed by atoms with van der Waals surface area (Å²) in [5.41, 5.74) is 6.18. The van der Waals surface area contributed by atoms with Crippen molar-refractivity contribution in [3.05, 3.63) is 0 Å². The van der Waals surface area contributed by atoms with Gasteiger partial charge in [-0.25, -0.2) is 13.9 Å². The van der Waals surface area contributed by atoms with Gasteiger partial charge in [-0.05, 0) is 0 Å². The van der Waals surface area contributed by atoms with E-state index < -0.39 is 10.0 Å². The minimum atomic E-state index is -3.15. The fraction of sp³-hybridized carbons (Fsp3) is 1.00. The van der Waals surface area contributed by atoms with E-state index in [2.05, 4.69) is 5.11 Å². The summed E-state index contributed by atoms with van der Waals surface area (Å²) in [6.45, 7) is -0.168. The monoisotopic (exact) mass is 137 g/mol. The third-order valence-electron chi connectivity index (χ3n) is 0.406. The van der Waals surface area contributed by atoms with Crippen LogP contribution in [0.1, 0.15) is 0 Å². The van der Waals surface area contributed by atoms with Crippen LogP contribution in [0.25, 0.3) is 0 Å². The van der Waals surface area contributed by atoms with Gasteiger partial charge in [-0.3, -0.25) is 0 Å². The van der Waals surface area contributed by atoms with E-state index in [-0.39, 0.29) is 6.67 Å². The van der Waals surface area contributed by atoms with Crippen molar-refractivity contribution >= 4 is 10.0 Å². The Morgan fingerprint density at radius 1 is 1.75 bits per heavy atom. The summed E-state index contributed by atoms with van der Waals surface area (Å²) >= 11 is 0. The van der Waals surface area contributed by atoms with Crippen molar-refractivity contribution in [1.82, 2.24) is 4.72 Å². The first-order valence-electron chi connectivity index (χ1n) is 1.84. The van der Waals surface area contributed by atoms with Gasteiger partial charge in [0.2, 0.25) is 10.0 Å². The molecule has 0 saturated carbocycles. The van der Waals surface area contributed by atoms with Gasteiger partial charge in [0, 0.05) is 0 Å². The van der Waals surface area contributed by atoms with Gasteiger partial charge >= 0.3 is 0 Å². The third kappa shape index (κ3) is 5.51. The number of nitrogens with one attached hydrogen (secondary N) is 2. The molecule has 8 heavy (non-hydrogen) atoms. The summed E-state index contributed by atoms with van der Waals surface area (Å²) in [5.74, 6) is 0. The second-order valence-electron chi connectivity index (χ2n) is 1.23. The average molecular weight is 137 g/mol. The molecule has 0 aliphatic carbocycles. The van der Waals surface area contributed by atoms with Gasteiger partial charge in [0.05, 0.1) is 6.26 Å². The van der Waals surface area contributed by atoms with E-state index in [1.807, 2.05) is 4.72 Å². The van der Waals surface area contributed by atoms with Crippen molar-refractivity contribution in [1.29, 1.82) is 5.53 Å². The van der Waals surface area contributed by atoms with Crippen LogP contribution in [-0.4, -0.2) is 21.3 Å². The molecule has 0 aromatic carbocycles. The van der Waals surface area contributed by atoms with Crippen LogP contribution in [0.2, 0.25) is 0 Å². The minimum absolute atomic E-state index is 0.168. The Hall–Kier alpha value is -0.490. The standard InChI is InChI=1S/C2H7N3O2S/c1-8(6,7)5-2-4-3/h3,5H,2H2,1H3. The molecule has 6 heteroatoms. The lowest BCUT2D eigenvalue weighted by atomic mass is 11.3. The topological polar surface area (TPSA) is 82.4 Å². The van der Waals surface area contributed by atoms with Crippen LogP contribution in [0.4, 0.5) is 0 Å². The van der Waals surface area contributed by atoms with E-state index in [0.29, 0.717) is 0 Å². The van der Waals surface area contributed by atoms with Gasteiger partial charge in [0.1, 0.15) is 6.67 Å². The van der Waals surface area contributed by atoms with E-state index >= 15 is 0 Å². The molecule has 0 saturated heterocycles. The van der Waals surface area contributed by atoms with Crippen molar-refractivity contribution < 1.29 is 8.42 Å². The first-order valence-corrected chi connectivity index (χ1v) is 3.73. The molecule has 0 rings (SSSR count). The van der Waals surface area contributed by atoms with Crippen molar-refractivity contribution in [3.63, 3.8) is 0 Å². The zero-order valence-electron chi connectivity index (χ0n) is 4.38. The SMILES string of the molecule is CS(=O)(=O)NCN=N. The molecule has 0 atom stereocenters. The van der Waals surface area contributed by atoms with Crippen LogP contribution >= 0.6 is 0 Å². The van der Waals surface area contributed by atoms with Gasteiger partial charge in [0.25, 0.3) is 0 Å². The quantitative estimate of drug-likeness (QED) is 0.515. The molecule has 0 amide bonds. The highest BCUT2D eigenvalue weighted by Gasteiger charge is 1.94. The molecule has 0 spiro atoms. The number of rotatable bonds is 3. The van der Waals surface area contributed by atoms with Crippen molar-refractivity contribution in [2.75, 3.05) is 12.9 Å². The van der Waals surface area contributed by atoms with E-state index in [1.165, 1.54) is 0 Å². The maximum Gasteiger partial charge on any atom is 0.210 e. The Morgan fingerprint density at radius 3 is 2.38 bits per heavy atom. The number of hydrogen-bond acceptors (Lipinski definition) is 4. The van der Waals surface area contributed by atoms with Crippen LogP contribution in [0.5, 0.6) is 0 Å². The van der Waals surface area contributed by atoms with Crippen LogP contribution in [-0.2, 0) is 10.0 Å². The Bertz CT molecular complexity index is 160. The molecule has 48 valence electrons. The summed E-state index contributed by atoms with van der Waals surface area (Å²) in [5, 5.41) is 2.78. The molecule has 0 aromatic heterocycles. The third-order valence-corrected chi connectivity index (χ3v) is 1.06. The maximum atomic E-state index is 10.1. The molecule has 0 bridgehead atoms. The van der Waals surface area contributed by atoms with Gasteiger partial charge in [-0.15, -0.1) is 0 Å². The number of sulfonamides is 1. The fourth-order valence-corrected chi connectivity index (χ4v) is 0.449. The van der Waals surface area contributed by atoms with Crippen molar-refractivity contribution in [2.24, 2.45) is 5.11 Å². The van der Waals surface area contributed by atoms with Crippen molar-refractivity contribution in [2.45, 2.75) is 0 Å². The molecule has 2 N–H and O–H groups in total. The predicted octanol–water partition coefficient (Wildman–Crippen LogP) is -0.476. The van der Waals surface area contributed by atoms with Gasteiger partial charge < -0.3 is 0 Å². The minimum Gasteiger partial charge on any atom is -0.213 e. The largest absolute Gasteiger partial charge is 0.213 e. The molecular weight excluding hydrogens is 130 g/mol. The predicted molar refractivity (Wildman–Crippen MR) is 28.0 cm³/mol. The number of hydrogen-bond donors (Lipinski definition) is 2. The molecule has 0 unspecified atom stereocenters. The summed E-state index contributed by atoms with van der Waals surface area (Å²) in [7, 11) is -3.15. The highest BCUT2D eigenvalue weighted by molar-refractivity contribution is 7.88. The second-order valence-corrected chi connectivity index (χ2v) is 3.07. The Kier molecular flexibility index (Phi) is 2.56. The van der Waals surface area contributed by atoms with Gasteiger partial charge in [-0.2, -0.15) is 9.84 Å². The van der Waals surface area contributed by atoms with Crippen LogP contribution in [0.15, 0.2) is 5.11 Å². The van der Waals surface area contributed by atoms with E-state index in [1.54, 1.807) is 0 Å². The highest BCUT2D eigenvalue weighted by atomic mass is 32.2. The van der Waals surface area contributed by atoms with Gasteiger partial charge in [-0.1, -0.05) is 0 Å². The molecule has 0 aliphatic rings. The van der Waals surface area contributed by atoms with E-state index in [9.17, 15) is 8.42 Å². The molecule has 0 fully saturated rings. The fourth-order valence-electron chi connectivity index (χ4n) is 0.150. The molecule has 5 nitrogen and oxygen atoms in total. The second kappa shape index (κ2) is 2.73. The number of nitrogens with zero attached hydrogens (tertiary/aromatic N) is 1. The molecule has 0 heterocycles. The summed E-state index contributed by atoms with van der Waals surface area (Å²) in [6, 6.07) is 0.